The van der Waals surface area contributed by atoms with E-state index in [1.807, 2.05) is 28.8 Å². The Morgan fingerprint density at radius 1 is 1.05 bits per heavy atom. The molecule has 0 spiro atoms. The summed E-state index contributed by atoms with van der Waals surface area (Å²) in [5.41, 5.74) is 4.34. The van der Waals surface area contributed by atoms with Gasteiger partial charge in [-0.25, -0.2) is 17.6 Å². The highest BCUT2D eigenvalue weighted by atomic mass is 32.2. The lowest BCUT2D eigenvalue weighted by Gasteiger charge is -2.33. The predicted molar refractivity (Wildman–Crippen MR) is 164 cm³/mol. The molecule has 2 aliphatic rings. The van der Waals surface area contributed by atoms with Crippen molar-refractivity contribution in [3.05, 3.63) is 76.1 Å². The summed E-state index contributed by atoms with van der Waals surface area (Å²) in [5.74, 6) is -0.444. The van der Waals surface area contributed by atoms with E-state index in [9.17, 15) is 27.5 Å². The summed E-state index contributed by atoms with van der Waals surface area (Å²) >= 11 is 0. The Bertz CT molecular complexity index is 1850. The van der Waals surface area contributed by atoms with Crippen LogP contribution in [0.4, 0.5) is 4.39 Å². The third-order valence-electron chi connectivity index (χ3n) is 8.71. The number of rotatable bonds is 9. The van der Waals surface area contributed by atoms with E-state index in [0.717, 1.165) is 35.1 Å². The van der Waals surface area contributed by atoms with E-state index in [2.05, 4.69) is 4.90 Å². The summed E-state index contributed by atoms with van der Waals surface area (Å²) in [6.45, 7) is 4.07. The number of hydrogen-bond donors (Lipinski definition) is 1. The summed E-state index contributed by atoms with van der Waals surface area (Å²) in [7, 11) is -3.41. The minimum Gasteiger partial charge on any atom is -0.390 e. The van der Waals surface area contributed by atoms with Gasteiger partial charge in [0.15, 0.2) is 0 Å². The van der Waals surface area contributed by atoms with Crippen molar-refractivity contribution < 1.29 is 22.7 Å². The van der Waals surface area contributed by atoms with Crippen LogP contribution in [-0.2, 0) is 40.9 Å². The monoisotopic (exact) mass is 624 g/mol. The minimum absolute atomic E-state index is 0.0109. The van der Waals surface area contributed by atoms with Gasteiger partial charge in [0.2, 0.25) is 10.0 Å². The fraction of sp³-hybridized carbons (Fsp3) is 0.452. The van der Waals surface area contributed by atoms with Crippen molar-refractivity contribution in [1.82, 2.24) is 28.1 Å². The van der Waals surface area contributed by atoms with Crippen LogP contribution in [0, 0.1) is 5.82 Å². The molecule has 0 bridgehead atoms. The van der Waals surface area contributed by atoms with E-state index in [4.69, 9.17) is 5.10 Å². The molecule has 234 valence electrons. The third-order valence-corrected chi connectivity index (χ3v) is 9.96. The fourth-order valence-corrected chi connectivity index (χ4v) is 7.40. The van der Waals surface area contributed by atoms with E-state index in [1.165, 1.54) is 29.6 Å². The maximum absolute atomic E-state index is 13.6. The van der Waals surface area contributed by atoms with Gasteiger partial charge in [0.25, 0.3) is 0 Å². The number of likely N-dealkylation sites (tertiary alicyclic amines) is 1. The molecule has 0 aliphatic carbocycles. The molecule has 1 unspecified atom stereocenters. The molecule has 2 aromatic carbocycles. The highest BCUT2D eigenvalue weighted by Crippen LogP contribution is 2.32. The standard InChI is InChI=1S/C31H37FN6O5S/c1-21(39)17-36-28-5-3-4-6-29(28)38(31(36)41)24-11-14-34(15-12-24)18-25(40)19-37-27-13-16-35(44(2,42)43)20-26(27)30(33-37)22-7-9-23(32)10-8-22/h3-10,24-25,40H,11-20H2,1-2H3. The highest BCUT2D eigenvalue weighted by molar-refractivity contribution is 7.88. The Labute approximate surface area is 255 Å². The molecule has 6 rings (SSSR count). The van der Waals surface area contributed by atoms with Gasteiger partial charge in [-0.3, -0.25) is 18.6 Å². The number of ketones is 1. The van der Waals surface area contributed by atoms with Crippen molar-refractivity contribution in [3.8, 4) is 11.3 Å². The van der Waals surface area contributed by atoms with Crippen LogP contribution in [0.5, 0.6) is 0 Å². The number of halogens is 1. The largest absolute Gasteiger partial charge is 0.390 e. The zero-order valence-electron chi connectivity index (χ0n) is 24.9. The SMILES string of the molecule is CC(=O)Cn1c(=O)n(C2CCN(CC(O)Cn3nc(-c4ccc(F)cc4)c4c3CCN(S(C)(=O)=O)C4)CC2)c2ccccc21. The number of carbonyl (C=O) groups excluding carboxylic acids is 1. The molecular weight excluding hydrogens is 587 g/mol. The molecule has 0 saturated carbocycles. The Kier molecular flexibility index (Phi) is 8.31. The molecule has 44 heavy (non-hydrogen) atoms. The first kappa shape index (κ1) is 30.4. The highest BCUT2D eigenvalue weighted by Gasteiger charge is 2.31. The van der Waals surface area contributed by atoms with Crippen LogP contribution in [0.25, 0.3) is 22.3 Å². The van der Waals surface area contributed by atoms with Gasteiger partial charge in [-0.05, 0) is 56.2 Å². The lowest BCUT2D eigenvalue weighted by Crippen LogP contribution is -2.42. The van der Waals surface area contributed by atoms with Crippen LogP contribution in [0.3, 0.4) is 0 Å². The number of hydrogen-bond acceptors (Lipinski definition) is 7. The lowest BCUT2D eigenvalue weighted by molar-refractivity contribution is -0.117. The number of aliphatic hydroxyl groups is 1. The number of imidazole rings is 1. The lowest BCUT2D eigenvalue weighted by atomic mass is 10.0. The Hall–Kier alpha value is -3.65. The Balaban J connectivity index is 1.16. The molecule has 0 radical (unpaired) electrons. The molecule has 1 atom stereocenters. The van der Waals surface area contributed by atoms with E-state index < -0.39 is 16.1 Å². The number of para-hydroxylation sites is 2. The molecule has 0 amide bonds. The first-order chi connectivity index (χ1) is 21.0. The summed E-state index contributed by atoms with van der Waals surface area (Å²) in [6.07, 6.45) is 2.38. The normalized spacial score (nSPS) is 17.6. The van der Waals surface area contributed by atoms with E-state index >= 15 is 0 Å². The number of fused-ring (bicyclic) bond motifs is 2. The van der Waals surface area contributed by atoms with Crippen LogP contribution in [0.15, 0.2) is 53.3 Å². The van der Waals surface area contributed by atoms with Crippen LogP contribution < -0.4 is 5.69 Å². The number of Topliss-reactive ketones (excluding diaryl/α,β-unsaturated/α-hetero) is 1. The number of nitrogens with zero attached hydrogens (tertiary/aromatic N) is 6. The molecule has 2 aliphatic heterocycles. The second-order valence-corrected chi connectivity index (χ2v) is 13.9. The van der Waals surface area contributed by atoms with Gasteiger partial charge in [0.05, 0.1) is 42.2 Å². The molecule has 1 N–H and O–H groups in total. The van der Waals surface area contributed by atoms with E-state index in [-0.39, 0.29) is 43.0 Å². The quantitative estimate of drug-likeness (QED) is 0.304. The van der Waals surface area contributed by atoms with Gasteiger partial charge in [-0.1, -0.05) is 12.1 Å². The number of piperidine rings is 1. The van der Waals surface area contributed by atoms with Gasteiger partial charge in [-0.15, -0.1) is 0 Å². The first-order valence-corrected chi connectivity index (χ1v) is 16.7. The smallest absolute Gasteiger partial charge is 0.329 e. The van der Waals surface area contributed by atoms with Gasteiger partial charge in [-0.2, -0.15) is 9.40 Å². The number of β-amino-alcohol motifs (C(OH)–C–C–N with tert-alkyl or cyclic N) is 1. The fourth-order valence-electron chi connectivity index (χ4n) is 6.62. The van der Waals surface area contributed by atoms with Gasteiger partial charge < -0.3 is 10.0 Å². The second kappa shape index (κ2) is 12.0. The zero-order chi connectivity index (χ0) is 31.2. The topological polar surface area (TPSA) is 123 Å². The number of aliphatic hydroxyl groups excluding tert-OH is 1. The number of carbonyl (C=O) groups is 1. The number of benzene rings is 2. The van der Waals surface area contributed by atoms with Crippen molar-refractivity contribution in [1.29, 1.82) is 0 Å². The molecule has 2 aromatic heterocycles. The molecule has 1 saturated heterocycles. The Morgan fingerprint density at radius 2 is 1.73 bits per heavy atom. The van der Waals surface area contributed by atoms with Crippen LogP contribution in [0.1, 0.15) is 37.1 Å². The predicted octanol–water partition coefficient (Wildman–Crippen LogP) is 2.41. The first-order valence-electron chi connectivity index (χ1n) is 14.9. The van der Waals surface area contributed by atoms with E-state index in [1.54, 1.807) is 21.4 Å². The van der Waals surface area contributed by atoms with Crippen molar-refractivity contribution in [2.24, 2.45) is 0 Å². The van der Waals surface area contributed by atoms with Crippen LogP contribution in [0.2, 0.25) is 0 Å². The van der Waals surface area contributed by atoms with Gasteiger partial charge in [0, 0.05) is 62.0 Å². The van der Waals surface area contributed by atoms with Crippen molar-refractivity contribution >= 4 is 26.8 Å². The minimum atomic E-state index is -3.41. The summed E-state index contributed by atoms with van der Waals surface area (Å²) in [6, 6.07) is 13.5. The number of aromatic nitrogens is 4. The van der Waals surface area contributed by atoms with Crippen molar-refractivity contribution in [3.63, 3.8) is 0 Å². The van der Waals surface area contributed by atoms with Crippen LogP contribution >= 0.6 is 0 Å². The van der Waals surface area contributed by atoms with Crippen LogP contribution in [-0.4, -0.2) is 86.0 Å². The Morgan fingerprint density at radius 3 is 2.39 bits per heavy atom. The summed E-state index contributed by atoms with van der Waals surface area (Å²) < 4.78 is 44.8. The van der Waals surface area contributed by atoms with E-state index in [0.29, 0.717) is 43.9 Å². The zero-order valence-corrected chi connectivity index (χ0v) is 25.7. The second-order valence-electron chi connectivity index (χ2n) is 11.9. The summed E-state index contributed by atoms with van der Waals surface area (Å²) in [5, 5.41) is 15.9. The number of sulfonamides is 1. The molecule has 4 aromatic rings. The average molecular weight is 625 g/mol. The molecule has 1 fully saturated rings. The van der Waals surface area contributed by atoms with Crippen molar-refractivity contribution in [2.45, 2.75) is 58.0 Å². The summed E-state index contributed by atoms with van der Waals surface area (Å²) in [4.78, 5) is 27.4. The maximum atomic E-state index is 13.6. The third kappa shape index (κ3) is 6.01. The molecule has 4 heterocycles. The van der Waals surface area contributed by atoms with Gasteiger partial charge >= 0.3 is 5.69 Å². The maximum Gasteiger partial charge on any atom is 0.329 e. The molecular formula is C31H37FN6O5S. The van der Waals surface area contributed by atoms with Crippen molar-refractivity contribution in [2.75, 3.05) is 32.4 Å². The average Bonchev–Trinajstić information content (AvgIpc) is 3.47. The molecule has 13 heteroatoms. The molecule has 11 nitrogen and oxygen atoms in total. The van der Waals surface area contributed by atoms with Gasteiger partial charge in [0.1, 0.15) is 11.6 Å².